The average Bonchev–Trinajstić information content (AvgIpc) is 3.46. The van der Waals surface area contributed by atoms with E-state index in [9.17, 15) is 5.11 Å². The van der Waals surface area contributed by atoms with Crippen LogP contribution < -0.4 is 0 Å². The lowest BCUT2D eigenvalue weighted by atomic mass is 9.53. The fraction of sp³-hybridized carbons (Fsp3) is 0.793. The maximum Gasteiger partial charge on any atom is 0.115 e. The van der Waals surface area contributed by atoms with Crippen molar-refractivity contribution >= 4 is 0 Å². The normalized spacial score (nSPS) is 33.4. The quantitative estimate of drug-likeness (QED) is 0.493. The highest BCUT2D eigenvalue weighted by Crippen LogP contribution is 2.68. The van der Waals surface area contributed by atoms with Crippen LogP contribution in [0.1, 0.15) is 90.2 Å². The SMILES string of the molecule is CCCCC1CCC(C)(C(C)N(C)CCCN2CCCC2)C12c1cc(O)ccc1CC2C. The first-order chi connectivity index (χ1) is 15.3. The molecule has 4 rings (SSSR count). The molecule has 180 valence electrons. The Morgan fingerprint density at radius 1 is 1.22 bits per heavy atom. The van der Waals surface area contributed by atoms with Crippen LogP contribution in [0.4, 0.5) is 0 Å². The van der Waals surface area contributed by atoms with E-state index in [4.69, 9.17) is 0 Å². The number of rotatable bonds is 9. The molecule has 0 aromatic heterocycles. The van der Waals surface area contributed by atoms with Gasteiger partial charge in [-0.3, -0.25) is 0 Å². The van der Waals surface area contributed by atoms with Crippen molar-refractivity contribution in [3.8, 4) is 5.75 Å². The van der Waals surface area contributed by atoms with Gasteiger partial charge in [0.2, 0.25) is 0 Å². The summed E-state index contributed by atoms with van der Waals surface area (Å²) in [6.07, 6.45) is 11.8. The zero-order valence-corrected chi connectivity index (χ0v) is 21.5. The fourth-order valence-corrected chi connectivity index (χ4v) is 8.36. The van der Waals surface area contributed by atoms with E-state index >= 15 is 0 Å². The molecule has 1 aromatic carbocycles. The van der Waals surface area contributed by atoms with Crippen LogP contribution >= 0.6 is 0 Å². The van der Waals surface area contributed by atoms with Crippen LogP contribution in [0.25, 0.3) is 0 Å². The molecule has 5 atom stereocenters. The van der Waals surface area contributed by atoms with Crippen molar-refractivity contribution in [2.75, 3.05) is 33.2 Å². The van der Waals surface area contributed by atoms with Crippen LogP contribution in [0.5, 0.6) is 5.75 Å². The molecule has 32 heavy (non-hydrogen) atoms. The lowest BCUT2D eigenvalue weighted by Gasteiger charge is -2.54. The maximum absolute atomic E-state index is 10.5. The molecule has 3 aliphatic rings. The van der Waals surface area contributed by atoms with Gasteiger partial charge in [0.25, 0.3) is 0 Å². The van der Waals surface area contributed by atoms with Crippen molar-refractivity contribution in [2.24, 2.45) is 17.3 Å². The van der Waals surface area contributed by atoms with E-state index in [0.717, 1.165) is 5.92 Å². The van der Waals surface area contributed by atoms with Crippen molar-refractivity contribution in [2.45, 2.75) is 96.9 Å². The summed E-state index contributed by atoms with van der Waals surface area (Å²) in [7, 11) is 2.37. The molecule has 1 saturated carbocycles. The van der Waals surface area contributed by atoms with E-state index in [1.807, 2.05) is 6.07 Å². The van der Waals surface area contributed by atoms with Crippen molar-refractivity contribution in [3.63, 3.8) is 0 Å². The van der Waals surface area contributed by atoms with Crippen LogP contribution in [0.2, 0.25) is 0 Å². The van der Waals surface area contributed by atoms with Crippen molar-refractivity contribution in [3.05, 3.63) is 29.3 Å². The largest absolute Gasteiger partial charge is 0.508 e. The van der Waals surface area contributed by atoms with Crippen LogP contribution in [0.15, 0.2) is 18.2 Å². The van der Waals surface area contributed by atoms with Gasteiger partial charge in [-0.25, -0.2) is 0 Å². The summed E-state index contributed by atoms with van der Waals surface area (Å²) in [6.45, 7) is 15.0. The molecule has 5 unspecified atom stereocenters. The van der Waals surface area contributed by atoms with Gasteiger partial charge < -0.3 is 14.9 Å². The molecule has 1 aromatic rings. The summed E-state index contributed by atoms with van der Waals surface area (Å²) in [5.74, 6) is 1.81. The van der Waals surface area contributed by atoms with Crippen molar-refractivity contribution < 1.29 is 5.11 Å². The Kier molecular flexibility index (Phi) is 7.27. The van der Waals surface area contributed by atoms with Crippen molar-refractivity contribution in [1.29, 1.82) is 0 Å². The third-order valence-electron chi connectivity index (χ3n) is 10.1. The van der Waals surface area contributed by atoms with Crippen molar-refractivity contribution in [1.82, 2.24) is 9.80 Å². The summed E-state index contributed by atoms with van der Waals surface area (Å²) in [4.78, 5) is 5.32. The third kappa shape index (κ3) is 3.92. The third-order valence-corrected chi connectivity index (χ3v) is 10.1. The second-order valence-corrected chi connectivity index (χ2v) is 11.7. The molecule has 2 aliphatic carbocycles. The van der Waals surface area contributed by atoms with E-state index in [0.29, 0.717) is 17.7 Å². The molecule has 1 heterocycles. The number of phenols is 1. The highest BCUT2D eigenvalue weighted by Gasteiger charge is 2.65. The highest BCUT2D eigenvalue weighted by molar-refractivity contribution is 5.48. The Balaban J connectivity index is 1.61. The van der Waals surface area contributed by atoms with Gasteiger partial charge in [-0.05, 0) is 126 Å². The van der Waals surface area contributed by atoms with Gasteiger partial charge in [-0.1, -0.05) is 39.7 Å². The van der Waals surface area contributed by atoms with Gasteiger partial charge in [0, 0.05) is 11.5 Å². The molecule has 2 fully saturated rings. The molecule has 3 nitrogen and oxygen atoms in total. The number of phenolic OH excluding ortho intramolecular Hbond substituents is 1. The first kappa shape index (κ1) is 24.1. The van der Waals surface area contributed by atoms with Crippen LogP contribution in [0.3, 0.4) is 0 Å². The van der Waals surface area contributed by atoms with Gasteiger partial charge in [-0.15, -0.1) is 0 Å². The fourth-order valence-electron chi connectivity index (χ4n) is 8.36. The average molecular weight is 441 g/mol. The van der Waals surface area contributed by atoms with Crippen LogP contribution in [0, 0.1) is 17.3 Å². The molecule has 0 bridgehead atoms. The van der Waals surface area contributed by atoms with E-state index in [-0.39, 0.29) is 10.8 Å². The Hall–Kier alpha value is -1.06. The minimum atomic E-state index is 0.179. The number of benzene rings is 1. The predicted octanol–water partition coefficient (Wildman–Crippen LogP) is 6.23. The first-order valence-electron chi connectivity index (χ1n) is 13.6. The zero-order valence-electron chi connectivity index (χ0n) is 21.5. The van der Waals surface area contributed by atoms with E-state index in [2.05, 4.69) is 56.7 Å². The first-order valence-corrected chi connectivity index (χ1v) is 13.6. The maximum atomic E-state index is 10.5. The van der Waals surface area contributed by atoms with E-state index < -0.39 is 0 Å². The van der Waals surface area contributed by atoms with Crippen LogP contribution in [-0.2, 0) is 11.8 Å². The number of unbranched alkanes of at least 4 members (excludes halogenated alkanes) is 1. The number of hydrogen-bond acceptors (Lipinski definition) is 3. The van der Waals surface area contributed by atoms with Gasteiger partial charge in [0.1, 0.15) is 5.75 Å². The molecule has 0 radical (unpaired) electrons. The molecular weight excluding hydrogens is 392 g/mol. The minimum absolute atomic E-state index is 0.179. The molecule has 1 saturated heterocycles. The lowest BCUT2D eigenvalue weighted by molar-refractivity contribution is 0.00644. The Morgan fingerprint density at radius 2 is 1.97 bits per heavy atom. The second-order valence-electron chi connectivity index (χ2n) is 11.7. The summed E-state index contributed by atoms with van der Waals surface area (Å²) >= 11 is 0. The summed E-state index contributed by atoms with van der Waals surface area (Å²) in [5, 5.41) is 10.5. The zero-order chi connectivity index (χ0) is 22.9. The topological polar surface area (TPSA) is 26.7 Å². The second kappa shape index (κ2) is 9.66. The van der Waals surface area contributed by atoms with Gasteiger partial charge >= 0.3 is 0 Å². The Morgan fingerprint density at radius 3 is 2.69 bits per heavy atom. The smallest absolute Gasteiger partial charge is 0.115 e. The van der Waals surface area contributed by atoms with E-state index in [1.54, 1.807) is 0 Å². The van der Waals surface area contributed by atoms with Gasteiger partial charge in [0.15, 0.2) is 0 Å². The predicted molar refractivity (Wildman–Crippen MR) is 135 cm³/mol. The van der Waals surface area contributed by atoms with Gasteiger partial charge in [-0.2, -0.15) is 0 Å². The molecule has 0 amide bonds. The number of likely N-dealkylation sites (tertiary alicyclic amines) is 1. The number of hydrogen-bond donors (Lipinski definition) is 1. The Labute approximate surface area is 197 Å². The number of nitrogens with zero attached hydrogens (tertiary/aromatic N) is 2. The molecule has 1 aliphatic heterocycles. The summed E-state index contributed by atoms with van der Waals surface area (Å²) < 4.78 is 0. The van der Waals surface area contributed by atoms with Gasteiger partial charge in [0.05, 0.1) is 0 Å². The molecular formula is C29H48N2O. The Bertz CT molecular complexity index is 772. The summed E-state index contributed by atoms with van der Waals surface area (Å²) in [5.41, 5.74) is 3.39. The highest BCUT2D eigenvalue weighted by atomic mass is 16.3. The number of fused-ring (bicyclic) bond motifs is 2. The van der Waals surface area contributed by atoms with Crippen LogP contribution in [-0.4, -0.2) is 54.2 Å². The summed E-state index contributed by atoms with van der Waals surface area (Å²) in [6, 6.07) is 6.81. The standard InChI is InChI=1S/C29H48N2O/c1-6-7-11-25-14-15-28(4,23(3)30(5)16-10-19-31-17-8-9-18-31)29(25)22(2)20-24-12-13-26(32)21-27(24)29/h12-13,21-23,25,32H,6-11,14-20H2,1-5H3. The molecule has 1 N–H and O–H groups in total. The minimum Gasteiger partial charge on any atom is -0.508 e. The number of aromatic hydroxyl groups is 1. The lowest BCUT2D eigenvalue weighted by Crippen LogP contribution is -2.56. The molecule has 1 spiro atoms. The van der Waals surface area contributed by atoms with E-state index in [1.165, 1.54) is 95.1 Å². The molecule has 3 heteroatoms. The monoisotopic (exact) mass is 440 g/mol.